The molecule has 2 amide bonds. The van der Waals surface area contributed by atoms with Crippen molar-refractivity contribution < 1.29 is 19.1 Å². The van der Waals surface area contributed by atoms with Crippen molar-refractivity contribution >= 4 is 39.3 Å². The van der Waals surface area contributed by atoms with Crippen molar-refractivity contribution in [1.29, 1.82) is 0 Å². The van der Waals surface area contributed by atoms with Crippen LogP contribution < -0.4 is 4.74 Å². The van der Waals surface area contributed by atoms with Crippen LogP contribution in [0, 0.1) is 11.8 Å². The number of amides is 2. The molecule has 10 heteroatoms. The number of ether oxygens (including phenoxy) is 2. The van der Waals surface area contributed by atoms with Gasteiger partial charge in [0.15, 0.2) is 0 Å². The van der Waals surface area contributed by atoms with E-state index in [1.165, 1.54) is 12.0 Å². The van der Waals surface area contributed by atoms with E-state index in [1.54, 1.807) is 16.2 Å². The molecule has 0 bridgehead atoms. The van der Waals surface area contributed by atoms with Crippen molar-refractivity contribution in [1.82, 2.24) is 20.0 Å². The maximum atomic E-state index is 13.2. The SMILES string of the molecule is COC(=O)N1CCc2sc(C(=O)N3C[C@@H]4CC[C@@H](Oc5ccc(Br)nn5)[C@@H]4C3)cc2C1. The molecule has 0 spiro atoms. The third-order valence-electron chi connectivity index (χ3n) is 6.47. The van der Waals surface area contributed by atoms with Gasteiger partial charge in [-0.1, -0.05) is 0 Å². The lowest BCUT2D eigenvalue weighted by atomic mass is 9.99. The normalized spacial score (nSPS) is 24.6. The van der Waals surface area contributed by atoms with E-state index in [0.29, 0.717) is 42.0 Å². The van der Waals surface area contributed by atoms with Crippen LogP contribution in [0.2, 0.25) is 0 Å². The molecule has 2 aromatic rings. The Morgan fingerprint density at radius 3 is 2.84 bits per heavy atom. The van der Waals surface area contributed by atoms with Crippen LogP contribution in [0.4, 0.5) is 4.79 Å². The fourth-order valence-corrected chi connectivity index (χ4v) is 6.27. The molecule has 3 aliphatic rings. The van der Waals surface area contributed by atoms with E-state index in [-0.39, 0.29) is 18.1 Å². The van der Waals surface area contributed by atoms with Gasteiger partial charge in [-0.2, -0.15) is 0 Å². The van der Waals surface area contributed by atoms with Crippen molar-refractivity contribution in [2.24, 2.45) is 11.8 Å². The molecule has 1 saturated heterocycles. The van der Waals surface area contributed by atoms with E-state index in [9.17, 15) is 9.59 Å². The quantitative estimate of drug-likeness (QED) is 0.634. The number of hydrogen-bond acceptors (Lipinski definition) is 7. The van der Waals surface area contributed by atoms with Crippen LogP contribution in [-0.2, 0) is 17.7 Å². The van der Waals surface area contributed by atoms with Crippen molar-refractivity contribution in [3.05, 3.63) is 38.1 Å². The minimum absolute atomic E-state index is 0.0587. The number of likely N-dealkylation sites (tertiary alicyclic amines) is 1. The number of nitrogens with zero attached hydrogens (tertiary/aromatic N) is 4. The first-order valence-electron chi connectivity index (χ1n) is 10.4. The Balaban J connectivity index is 1.24. The van der Waals surface area contributed by atoms with Gasteiger partial charge in [0, 0.05) is 36.5 Å². The summed E-state index contributed by atoms with van der Waals surface area (Å²) >= 11 is 4.85. The molecule has 31 heavy (non-hydrogen) atoms. The molecule has 0 aromatic carbocycles. The van der Waals surface area contributed by atoms with Crippen molar-refractivity contribution in [2.45, 2.75) is 31.9 Å². The summed E-state index contributed by atoms with van der Waals surface area (Å²) < 4.78 is 11.6. The number of methoxy groups -OCH3 is 1. The maximum absolute atomic E-state index is 13.2. The molecular weight excluding hydrogens is 484 g/mol. The van der Waals surface area contributed by atoms with Gasteiger partial charge in [0.05, 0.1) is 18.5 Å². The van der Waals surface area contributed by atoms with Gasteiger partial charge in [0.2, 0.25) is 5.88 Å². The number of rotatable bonds is 3. The molecule has 0 radical (unpaired) electrons. The van der Waals surface area contributed by atoms with Gasteiger partial charge in [-0.05, 0) is 58.8 Å². The third-order valence-corrected chi connectivity index (χ3v) is 8.12. The Kier molecular flexibility index (Phi) is 5.60. The summed E-state index contributed by atoms with van der Waals surface area (Å²) in [5.41, 5.74) is 1.06. The van der Waals surface area contributed by atoms with E-state index in [0.717, 1.165) is 36.2 Å². The average Bonchev–Trinajstić information content (AvgIpc) is 3.48. The van der Waals surface area contributed by atoms with Crippen LogP contribution in [0.1, 0.15) is 33.0 Å². The molecule has 1 saturated carbocycles. The Bertz CT molecular complexity index is 998. The van der Waals surface area contributed by atoms with E-state index < -0.39 is 0 Å². The number of thiophene rings is 1. The number of carbonyl (C=O) groups excluding carboxylic acids is 2. The monoisotopic (exact) mass is 506 g/mol. The number of carbonyl (C=O) groups is 2. The highest BCUT2D eigenvalue weighted by Gasteiger charge is 2.45. The second-order valence-corrected chi connectivity index (χ2v) is 10.2. The van der Waals surface area contributed by atoms with Gasteiger partial charge < -0.3 is 19.3 Å². The highest BCUT2D eigenvalue weighted by molar-refractivity contribution is 9.10. The maximum Gasteiger partial charge on any atom is 0.409 e. The molecule has 2 aromatic heterocycles. The summed E-state index contributed by atoms with van der Waals surface area (Å²) in [6.45, 7) is 2.60. The molecule has 2 aliphatic heterocycles. The van der Waals surface area contributed by atoms with Crippen LogP contribution >= 0.6 is 27.3 Å². The van der Waals surface area contributed by atoms with Crippen molar-refractivity contribution in [2.75, 3.05) is 26.7 Å². The Labute approximate surface area is 192 Å². The first kappa shape index (κ1) is 20.7. The summed E-state index contributed by atoms with van der Waals surface area (Å²) in [6.07, 6.45) is 2.53. The number of hydrogen-bond donors (Lipinski definition) is 0. The van der Waals surface area contributed by atoms with Crippen LogP contribution in [-0.4, -0.2) is 64.8 Å². The minimum Gasteiger partial charge on any atom is -0.473 e. The molecule has 3 atom stereocenters. The molecule has 2 fully saturated rings. The fourth-order valence-electron chi connectivity index (χ4n) is 4.93. The van der Waals surface area contributed by atoms with E-state index >= 15 is 0 Å². The van der Waals surface area contributed by atoms with E-state index in [4.69, 9.17) is 9.47 Å². The zero-order chi connectivity index (χ0) is 21.5. The Morgan fingerprint density at radius 1 is 1.19 bits per heavy atom. The largest absolute Gasteiger partial charge is 0.473 e. The molecule has 8 nitrogen and oxygen atoms in total. The molecule has 0 unspecified atom stereocenters. The minimum atomic E-state index is -0.321. The number of fused-ring (bicyclic) bond motifs is 2. The molecule has 5 rings (SSSR count). The summed E-state index contributed by atoms with van der Waals surface area (Å²) in [4.78, 5) is 30.7. The molecule has 1 aliphatic carbocycles. The predicted molar refractivity (Wildman–Crippen MR) is 117 cm³/mol. The van der Waals surface area contributed by atoms with E-state index in [2.05, 4.69) is 26.1 Å². The zero-order valence-electron chi connectivity index (χ0n) is 17.1. The Morgan fingerprint density at radius 2 is 2.06 bits per heavy atom. The van der Waals surface area contributed by atoms with Crippen LogP contribution in [0.25, 0.3) is 0 Å². The first-order chi connectivity index (χ1) is 15.0. The van der Waals surface area contributed by atoms with Crippen molar-refractivity contribution in [3.8, 4) is 5.88 Å². The van der Waals surface area contributed by atoms with Gasteiger partial charge >= 0.3 is 6.09 Å². The fraction of sp³-hybridized carbons (Fsp3) is 0.524. The van der Waals surface area contributed by atoms with Crippen LogP contribution in [0.5, 0.6) is 5.88 Å². The van der Waals surface area contributed by atoms with Gasteiger partial charge in [-0.3, -0.25) is 4.79 Å². The molecule has 0 N–H and O–H groups in total. The lowest BCUT2D eigenvalue weighted by Gasteiger charge is -2.25. The smallest absolute Gasteiger partial charge is 0.409 e. The summed E-state index contributed by atoms with van der Waals surface area (Å²) in [6, 6.07) is 5.59. The number of aromatic nitrogens is 2. The van der Waals surface area contributed by atoms with Gasteiger partial charge in [-0.15, -0.1) is 21.5 Å². The highest BCUT2D eigenvalue weighted by atomic mass is 79.9. The predicted octanol–water partition coefficient (Wildman–Crippen LogP) is 3.35. The second-order valence-electron chi connectivity index (χ2n) is 8.26. The first-order valence-corrected chi connectivity index (χ1v) is 12.0. The zero-order valence-corrected chi connectivity index (χ0v) is 19.5. The van der Waals surface area contributed by atoms with Gasteiger partial charge in [0.25, 0.3) is 5.91 Å². The summed E-state index contributed by atoms with van der Waals surface area (Å²) in [7, 11) is 1.39. The lowest BCUT2D eigenvalue weighted by Crippen LogP contribution is -2.35. The molecule has 164 valence electrons. The third kappa shape index (κ3) is 4.03. The second kappa shape index (κ2) is 8.38. The van der Waals surface area contributed by atoms with Crippen molar-refractivity contribution in [3.63, 3.8) is 0 Å². The van der Waals surface area contributed by atoms with Gasteiger partial charge in [0.1, 0.15) is 10.7 Å². The topological polar surface area (TPSA) is 84.9 Å². The Hall–Kier alpha value is -2.20. The molecule has 4 heterocycles. The van der Waals surface area contributed by atoms with Crippen LogP contribution in [0.3, 0.4) is 0 Å². The molecular formula is C21H23BrN4O4S. The lowest BCUT2D eigenvalue weighted by molar-refractivity contribution is 0.0765. The summed E-state index contributed by atoms with van der Waals surface area (Å²) in [5, 5.41) is 8.07. The standard InChI is InChI=1S/C21H23BrN4O4S/c1-29-21(28)25-7-6-16-13(10-25)8-17(31-16)20(27)26-9-12-2-3-15(14(12)11-26)30-19-5-4-18(22)23-24-19/h4-5,8,12,14-15H,2-3,6-7,9-11H2,1H3/t12-,14+,15+/m0/s1. The number of halogens is 1. The van der Waals surface area contributed by atoms with E-state index in [1.807, 2.05) is 23.1 Å². The van der Waals surface area contributed by atoms with Crippen LogP contribution in [0.15, 0.2) is 22.8 Å². The highest BCUT2D eigenvalue weighted by Crippen LogP contribution is 2.41. The average molecular weight is 507 g/mol. The van der Waals surface area contributed by atoms with Gasteiger partial charge in [-0.25, -0.2) is 4.79 Å². The summed E-state index contributed by atoms with van der Waals surface area (Å²) in [5.74, 6) is 1.39.